The van der Waals surface area contributed by atoms with Crippen LogP contribution in [0.5, 0.6) is 0 Å². The fourth-order valence-corrected chi connectivity index (χ4v) is 2.79. The van der Waals surface area contributed by atoms with E-state index in [2.05, 4.69) is 6.92 Å². The Hall–Kier alpha value is -0.120. The van der Waals surface area contributed by atoms with Gasteiger partial charge in [0.15, 0.2) is 5.79 Å². The molecule has 0 aromatic rings. The third-order valence-electron chi connectivity index (χ3n) is 4.25. The summed E-state index contributed by atoms with van der Waals surface area (Å²) in [6.07, 6.45) is 16.7. The van der Waals surface area contributed by atoms with Crippen LogP contribution in [-0.2, 0) is 14.5 Å². The summed E-state index contributed by atoms with van der Waals surface area (Å²) in [4.78, 5) is 10.8. The van der Waals surface area contributed by atoms with Gasteiger partial charge in [-0.3, -0.25) is 0 Å². The predicted octanol–water partition coefficient (Wildman–Crippen LogP) is 5.77. The number of rotatable bonds is 13. The van der Waals surface area contributed by atoms with Gasteiger partial charge in [-0.25, -0.2) is 9.78 Å². The molecule has 21 heavy (non-hydrogen) atoms. The molecule has 0 bridgehead atoms. The van der Waals surface area contributed by atoms with E-state index in [0.29, 0.717) is 6.61 Å². The van der Waals surface area contributed by atoms with E-state index in [1.807, 2.05) is 6.92 Å². The lowest BCUT2D eigenvalue weighted by Gasteiger charge is -2.31. The molecule has 1 heterocycles. The second-order valence-electron chi connectivity index (χ2n) is 6.53. The lowest BCUT2D eigenvalue weighted by molar-refractivity contribution is -0.430. The molecule has 126 valence electrons. The average Bonchev–Trinajstić information content (AvgIpc) is 2.49. The predicted molar refractivity (Wildman–Crippen MR) is 87.1 cm³/mol. The second-order valence-corrected chi connectivity index (χ2v) is 6.53. The molecule has 1 fully saturated rings. The highest BCUT2D eigenvalue weighted by Crippen LogP contribution is 2.25. The van der Waals surface area contributed by atoms with E-state index in [1.54, 1.807) is 0 Å². The first kappa shape index (κ1) is 18.9. The molecule has 1 atom stereocenters. The molecule has 1 rings (SSSR count). The van der Waals surface area contributed by atoms with Gasteiger partial charge in [-0.1, -0.05) is 64.7 Å². The van der Waals surface area contributed by atoms with Crippen molar-refractivity contribution in [2.45, 2.75) is 103 Å². The Morgan fingerprint density at radius 3 is 2.05 bits per heavy atom. The summed E-state index contributed by atoms with van der Waals surface area (Å²) in [6, 6.07) is 0. The molecule has 0 aromatic carbocycles. The Balaban J connectivity index is 1.78. The van der Waals surface area contributed by atoms with Crippen molar-refractivity contribution < 1.29 is 14.5 Å². The molecule has 1 aliphatic rings. The number of ether oxygens (including phenoxy) is 1. The zero-order valence-electron chi connectivity index (χ0n) is 14.3. The summed E-state index contributed by atoms with van der Waals surface area (Å²) >= 11 is 0. The molecule has 0 N–H and O–H groups in total. The molecule has 0 amide bonds. The molecule has 0 aliphatic carbocycles. The summed E-state index contributed by atoms with van der Waals surface area (Å²) in [5, 5.41) is 0. The molecule has 1 saturated heterocycles. The van der Waals surface area contributed by atoms with E-state index in [1.165, 1.54) is 57.8 Å². The zero-order chi connectivity index (χ0) is 15.2. The Morgan fingerprint density at radius 1 is 0.857 bits per heavy atom. The first-order chi connectivity index (χ1) is 10.3. The van der Waals surface area contributed by atoms with Gasteiger partial charge in [0.2, 0.25) is 0 Å². The highest BCUT2D eigenvalue weighted by molar-refractivity contribution is 4.66. The summed E-state index contributed by atoms with van der Waals surface area (Å²) < 4.78 is 5.62. The van der Waals surface area contributed by atoms with E-state index < -0.39 is 5.79 Å². The molecule has 0 spiro atoms. The molecule has 1 unspecified atom stereocenters. The van der Waals surface area contributed by atoms with Gasteiger partial charge >= 0.3 is 0 Å². The SMILES string of the molecule is CCCCCCCCCCCCOOC1(C)CCCCO1. The number of hydrogen-bond acceptors (Lipinski definition) is 3. The Kier molecular flexibility index (Phi) is 11.2. The van der Waals surface area contributed by atoms with Crippen molar-refractivity contribution in [1.29, 1.82) is 0 Å². The monoisotopic (exact) mass is 300 g/mol. The zero-order valence-corrected chi connectivity index (χ0v) is 14.3. The van der Waals surface area contributed by atoms with Crippen LogP contribution in [0.25, 0.3) is 0 Å². The fourth-order valence-electron chi connectivity index (χ4n) is 2.79. The summed E-state index contributed by atoms with van der Waals surface area (Å²) in [7, 11) is 0. The van der Waals surface area contributed by atoms with Gasteiger partial charge in [0, 0.05) is 6.42 Å². The van der Waals surface area contributed by atoms with Crippen LogP contribution < -0.4 is 0 Å². The van der Waals surface area contributed by atoms with Crippen LogP contribution in [0.1, 0.15) is 97.3 Å². The minimum absolute atomic E-state index is 0.503. The van der Waals surface area contributed by atoms with E-state index in [9.17, 15) is 0 Å². The second kappa shape index (κ2) is 12.4. The highest BCUT2D eigenvalue weighted by Gasteiger charge is 2.29. The van der Waals surface area contributed by atoms with E-state index in [-0.39, 0.29) is 0 Å². The van der Waals surface area contributed by atoms with Crippen molar-refractivity contribution in [2.75, 3.05) is 13.2 Å². The summed E-state index contributed by atoms with van der Waals surface area (Å²) in [5.41, 5.74) is 0. The van der Waals surface area contributed by atoms with Gasteiger partial charge in [0.05, 0.1) is 13.2 Å². The Morgan fingerprint density at radius 2 is 1.48 bits per heavy atom. The van der Waals surface area contributed by atoms with Gasteiger partial charge in [0.25, 0.3) is 0 Å². The fraction of sp³-hybridized carbons (Fsp3) is 1.00. The van der Waals surface area contributed by atoms with Crippen LogP contribution in [0.4, 0.5) is 0 Å². The minimum atomic E-state index is -0.503. The molecule has 3 heteroatoms. The topological polar surface area (TPSA) is 27.7 Å². The van der Waals surface area contributed by atoms with Gasteiger partial charge in [-0.15, -0.1) is 0 Å². The third kappa shape index (κ3) is 10.3. The highest BCUT2D eigenvalue weighted by atomic mass is 17.2. The van der Waals surface area contributed by atoms with Crippen molar-refractivity contribution in [2.24, 2.45) is 0 Å². The maximum atomic E-state index is 5.62. The van der Waals surface area contributed by atoms with Crippen LogP contribution in [0, 0.1) is 0 Å². The van der Waals surface area contributed by atoms with Crippen LogP contribution in [0.3, 0.4) is 0 Å². The van der Waals surface area contributed by atoms with Crippen molar-refractivity contribution in [3.05, 3.63) is 0 Å². The van der Waals surface area contributed by atoms with Crippen LogP contribution in [-0.4, -0.2) is 19.0 Å². The number of hydrogen-bond donors (Lipinski definition) is 0. The van der Waals surface area contributed by atoms with Crippen LogP contribution in [0.15, 0.2) is 0 Å². The maximum Gasteiger partial charge on any atom is 0.198 e. The van der Waals surface area contributed by atoms with E-state index in [4.69, 9.17) is 14.5 Å². The molecule has 0 radical (unpaired) electrons. The van der Waals surface area contributed by atoms with Gasteiger partial charge in [-0.2, -0.15) is 0 Å². The largest absolute Gasteiger partial charge is 0.348 e. The maximum absolute atomic E-state index is 5.62. The van der Waals surface area contributed by atoms with Gasteiger partial charge < -0.3 is 4.74 Å². The first-order valence-electron chi connectivity index (χ1n) is 9.21. The molecule has 3 nitrogen and oxygen atoms in total. The Labute approximate surface area is 131 Å². The normalized spacial score (nSPS) is 22.6. The standard InChI is InChI=1S/C18H36O3/c1-3-4-5-6-7-8-9-10-11-13-17-20-21-18(2)15-12-14-16-19-18/h3-17H2,1-2H3. The molecule has 1 aliphatic heterocycles. The van der Waals surface area contributed by atoms with Crippen LogP contribution >= 0.6 is 0 Å². The third-order valence-corrected chi connectivity index (χ3v) is 4.25. The van der Waals surface area contributed by atoms with Crippen molar-refractivity contribution >= 4 is 0 Å². The Bertz CT molecular complexity index is 225. The van der Waals surface area contributed by atoms with Crippen molar-refractivity contribution in [3.8, 4) is 0 Å². The first-order valence-corrected chi connectivity index (χ1v) is 9.21. The van der Waals surface area contributed by atoms with Gasteiger partial charge in [-0.05, 0) is 26.2 Å². The summed E-state index contributed by atoms with van der Waals surface area (Å²) in [6.45, 7) is 5.73. The lowest BCUT2D eigenvalue weighted by atomic mass is 10.1. The molecule has 0 saturated carbocycles. The quantitative estimate of drug-likeness (QED) is 0.245. The molecular weight excluding hydrogens is 264 g/mol. The van der Waals surface area contributed by atoms with E-state index >= 15 is 0 Å². The molecular formula is C18H36O3. The number of unbranched alkanes of at least 4 members (excludes halogenated alkanes) is 9. The van der Waals surface area contributed by atoms with E-state index in [0.717, 1.165) is 32.3 Å². The van der Waals surface area contributed by atoms with Crippen molar-refractivity contribution in [1.82, 2.24) is 0 Å². The van der Waals surface area contributed by atoms with Crippen LogP contribution in [0.2, 0.25) is 0 Å². The average molecular weight is 300 g/mol. The smallest absolute Gasteiger partial charge is 0.198 e. The van der Waals surface area contributed by atoms with Crippen molar-refractivity contribution in [3.63, 3.8) is 0 Å². The minimum Gasteiger partial charge on any atom is -0.348 e. The molecule has 0 aromatic heterocycles. The summed E-state index contributed by atoms with van der Waals surface area (Å²) in [5.74, 6) is -0.503. The lowest BCUT2D eigenvalue weighted by Crippen LogP contribution is -2.36. The van der Waals surface area contributed by atoms with Gasteiger partial charge in [0.1, 0.15) is 0 Å².